The molecule has 1 aromatic rings. The summed E-state index contributed by atoms with van der Waals surface area (Å²) in [5, 5.41) is 13.3. The van der Waals surface area contributed by atoms with Gasteiger partial charge >= 0.3 is 12.0 Å². The molecule has 5 nitrogen and oxygen atoms in total. The van der Waals surface area contributed by atoms with Crippen molar-refractivity contribution in [1.29, 1.82) is 0 Å². The minimum atomic E-state index is -1.23. The van der Waals surface area contributed by atoms with Crippen LogP contribution < -0.4 is 10.6 Å². The van der Waals surface area contributed by atoms with Gasteiger partial charge in [0.1, 0.15) is 5.82 Å². The van der Waals surface area contributed by atoms with Crippen LogP contribution in [0.3, 0.4) is 0 Å². The topological polar surface area (TPSA) is 78.4 Å². The predicted molar refractivity (Wildman–Crippen MR) is 60.6 cm³/mol. The molecule has 0 saturated heterocycles. The van der Waals surface area contributed by atoms with Gasteiger partial charge in [-0.1, -0.05) is 6.08 Å². The Morgan fingerprint density at radius 3 is 2.71 bits per heavy atom. The van der Waals surface area contributed by atoms with Crippen molar-refractivity contribution in [1.82, 2.24) is 5.32 Å². The molecular weight excluding hydrogens is 227 g/mol. The van der Waals surface area contributed by atoms with Crippen LogP contribution >= 0.6 is 0 Å². The van der Waals surface area contributed by atoms with Crippen LogP contribution in [-0.2, 0) is 0 Å². The first-order valence-corrected chi connectivity index (χ1v) is 4.73. The summed E-state index contributed by atoms with van der Waals surface area (Å²) < 4.78 is 13.4. The summed E-state index contributed by atoms with van der Waals surface area (Å²) >= 11 is 0. The molecule has 0 radical (unpaired) electrons. The summed E-state index contributed by atoms with van der Waals surface area (Å²) in [4.78, 5) is 21.7. The molecule has 1 rings (SSSR count). The number of hydrogen-bond donors (Lipinski definition) is 3. The Hall–Kier alpha value is -2.37. The Labute approximate surface area is 96.9 Å². The first-order valence-electron chi connectivity index (χ1n) is 4.73. The molecule has 0 heterocycles. The average molecular weight is 238 g/mol. The van der Waals surface area contributed by atoms with E-state index in [2.05, 4.69) is 17.2 Å². The molecule has 0 spiro atoms. The van der Waals surface area contributed by atoms with Gasteiger partial charge in [0.2, 0.25) is 0 Å². The lowest BCUT2D eigenvalue weighted by molar-refractivity contribution is 0.0696. The molecule has 6 heteroatoms. The van der Waals surface area contributed by atoms with E-state index in [1.165, 1.54) is 18.2 Å². The van der Waals surface area contributed by atoms with E-state index < -0.39 is 17.8 Å². The normalized spacial score (nSPS) is 9.47. The predicted octanol–water partition coefficient (Wildman–Crippen LogP) is 1.83. The van der Waals surface area contributed by atoms with Gasteiger partial charge in [0.15, 0.2) is 0 Å². The van der Waals surface area contributed by atoms with Gasteiger partial charge in [0, 0.05) is 6.54 Å². The molecule has 0 saturated carbocycles. The van der Waals surface area contributed by atoms with Crippen molar-refractivity contribution >= 4 is 17.7 Å². The van der Waals surface area contributed by atoms with E-state index in [-0.39, 0.29) is 17.8 Å². The lowest BCUT2D eigenvalue weighted by Crippen LogP contribution is -2.29. The number of amides is 2. The number of nitrogens with one attached hydrogen (secondary N) is 2. The van der Waals surface area contributed by atoms with Crippen LogP contribution in [0.25, 0.3) is 0 Å². The van der Waals surface area contributed by atoms with Crippen LogP contribution in [0.4, 0.5) is 14.9 Å². The van der Waals surface area contributed by atoms with Gasteiger partial charge in [-0.15, -0.1) is 6.58 Å². The molecule has 0 bridgehead atoms. The second-order valence-electron chi connectivity index (χ2n) is 3.12. The van der Waals surface area contributed by atoms with E-state index in [0.717, 1.165) is 6.07 Å². The molecule has 0 aliphatic heterocycles. The summed E-state index contributed by atoms with van der Waals surface area (Å²) in [7, 11) is 0. The summed E-state index contributed by atoms with van der Waals surface area (Å²) in [5.41, 5.74) is -0.267. The summed E-state index contributed by atoms with van der Waals surface area (Å²) in [6.07, 6.45) is 1.48. The van der Waals surface area contributed by atoms with Gasteiger partial charge in [-0.3, -0.25) is 0 Å². The maximum Gasteiger partial charge on any atom is 0.335 e. The fourth-order valence-electron chi connectivity index (χ4n) is 1.08. The summed E-state index contributed by atoms with van der Waals surface area (Å²) in [6, 6.07) is 2.64. The van der Waals surface area contributed by atoms with Crippen LogP contribution in [-0.4, -0.2) is 23.7 Å². The fourth-order valence-corrected chi connectivity index (χ4v) is 1.08. The van der Waals surface area contributed by atoms with Crippen molar-refractivity contribution in [2.45, 2.75) is 0 Å². The second-order valence-corrected chi connectivity index (χ2v) is 3.12. The average Bonchev–Trinajstić information content (AvgIpc) is 2.28. The van der Waals surface area contributed by atoms with Crippen LogP contribution in [0.1, 0.15) is 10.4 Å². The van der Waals surface area contributed by atoms with Gasteiger partial charge in [-0.2, -0.15) is 0 Å². The number of carbonyl (C=O) groups excluding carboxylic acids is 1. The van der Waals surface area contributed by atoms with E-state index in [9.17, 15) is 14.0 Å². The van der Waals surface area contributed by atoms with Gasteiger partial charge < -0.3 is 15.7 Å². The van der Waals surface area contributed by atoms with Crippen LogP contribution in [0.15, 0.2) is 30.9 Å². The summed E-state index contributed by atoms with van der Waals surface area (Å²) in [6.45, 7) is 3.66. The second kappa shape index (κ2) is 5.64. The Morgan fingerprint density at radius 2 is 2.18 bits per heavy atom. The van der Waals surface area contributed by atoms with Crippen LogP contribution in [0, 0.1) is 5.82 Å². The third-order valence-electron chi connectivity index (χ3n) is 1.87. The Balaban J connectivity index is 2.75. The molecule has 90 valence electrons. The van der Waals surface area contributed by atoms with E-state index in [1.807, 2.05) is 0 Å². The number of hydrogen-bond acceptors (Lipinski definition) is 2. The van der Waals surface area contributed by atoms with Crippen molar-refractivity contribution in [2.75, 3.05) is 11.9 Å². The lowest BCUT2D eigenvalue weighted by atomic mass is 10.2. The lowest BCUT2D eigenvalue weighted by Gasteiger charge is -2.07. The van der Waals surface area contributed by atoms with Gasteiger partial charge in [-0.05, 0) is 18.2 Å². The van der Waals surface area contributed by atoms with Crippen molar-refractivity contribution in [3.8, 4) is 0 Å². The number of carboxylic acid groups (broad SMARTS) is 1. The van der Waals surface area contributed by atoms with Crippen molar-refractivity contribution in [2.24, 2.45) is 0 Å². The van der Waals surface area contributed by atoms with Gasteiger partial charge in [0.25, 0.3) is 0 Å². The monoisotopic (exact) mass is 238 g/mol. The van der Waals surface area contributed by atoms with E-state index in [1.54, 1.807) is 0 Å². The van der Waals surface area contributed by atoms with Crippen molar-refractivity contribution in [3.63, 3.8) is 0 Å². The molecule has 17 heavy (non-hydrogen) atoms. The van der Waals surface area contributed by atoms with Gasteiger partial charge in [-0.25, -0.2) is 14.0 Å². The maximum absolute atomic E-state index is 13.4. The molecule has 0 unspecified atom stereocenters. The van der Waals surface area contributed by atoms with E-state index >= 15 is 0 Å². The molecule has 2 amide bonds. The number of carboxylic acids is 1. The number of aromatic carboxylic acids is 1. The Bertz CT molecular complexity index is 460. The minimum absolute atomic E-state index is 0.0865. The molecule has 0 fully saturated rings. The minimum Gasteiger partial charge on any atom is -0.478 e. The SMILES string of the molecule is C=CCNC(=O)Nc1ccc(C(=O)O)cc1F. The molecule has 0 atom stereocenters. The number of rotatable bonds is 4. The van der Waals surface area contributed by atoms with Crippen LogP contribution in [0.5, 0.6) is 0 Å². The zero-order chi connectivity index (χ0) is 12.8. The molecule has 0 aliphatic rings. The Morgan fingerprint density at radius 1 is 1.47 bits per heavy atom. The highest BCUT2D eigenvalue weighted by Crippen LogP contribution is 2.15. The number of anilines is 1. The van der Waals surface area contributed by atoms with E-state index in [4.69, 9.17) is 5.11 Å². The molecule has 1 aromatic carbocycles. The first-order chi connectivity index (χ1) is 8.04. The highest BCUT2D eigenvalue weighted by molar-refractivity contribution is 5.91. The number of halogens is 1. The third kappa shape index (κ3) is 3.60. The number of urea groups is 1. The number of benzene rings is 1. The quantitative estimate of drug-likeness (QED) is 0.700. The highest BCUT2D eigenvalue weighted by Gasteiger charge is 2.09. The van der Waals surface area contributed by atoms with Gasteiger partial charge in [0.05, 0.1) is 11.3 Å². The molecule has 0 aliphatic carbocycles. The largest absolute Gasteiger partial charge is 0.478 e. The van der Waals surface area contributed by atoms with Crippen molar-refractivity contribution in [3.05, 3.63) is 42.2 Å². The first kappa shape index (κ1) is 12.7. The molecular formula is C11H11FN2O3. The Kier molecular flexibility index (Phi) is 4.21. The molecule has 3 N–H and O–H groups in total. The standard InChI is InChI=1S/C11H11FN2O3/c1-2-5-13-11(17)14-9-4-3-7(10(15)16)6-8(9)12/h2-4,6H,1,5H2,(H,15,16)(H2,13,14,17). The highest BCUT2D eigenvalue weighted by atomic mass is 19.1. The summed E-state index contributed by atoms with van der Waals surface area (Å²) in [5.74, 6) is -2.04. The van der Waals surface area contributed by atoms with Crippen molar-refractivity contribution < 1.29 is 19.1 Å². The van der Waals surface area contributed by atoms with Crippen LogP contribution in [0.2, 0.25) is 0 Å². The zero-order valence-corrected chi connectivity index (χ0v) is 8.87. The molecule has 0 aromatic heterocycles. The fraction of sp³-hybridized carbons (Fsp3) is 0.0909. The smallest absolute Gasteiger partial charge is 0.335 e. The maximum atomic E-state index is 13.4. The zero-order valence-electron chi connectivity index (χ0n) is 8.87. The van der Waals surface area contributed by atoms with E-state index in [0.29, 0.717) is 0 Å². The number of carbonyl (C=O) groups is 2. The third-order valence-corrected chi connectivity index (χ3v) is 1.87.